The topological polar surface area (TPSA) is 41.1 Å². The van der Waals surface area contributed by atoms with Crippen LogP contribution in [0.25, 0.3) is 0 Å². The van der Waals surface area contributed by atoms with Gasteiger partial charge in [-0.25, -0.2) is 0 Å². The Morgan fingerprint density at radius 1 is 1.28 bits per heavy atom. The number of piperidine rings is 1. The molecule has 2 fully saturated rings. The minimum absolute atomic E-state index is 0.258. The molecule has 1 saturated carbocycles. The summed E-state index contributed by atoms with van der Waals surface area (Å²) in [6.07, 6.45) is 11.4. The highest BCUT2D eigenvalue weighted by atomic mass is 32.2. The summed E-state index contributed by atoms with van der Waals surface area (Å²) in [6.45, 7) is 1.13. The zero-order valence-electron chi connectivity index (χ0n) is 11.4. The van der Waals surface area contributed by atoms with Crippen molar-refractivity contribution in [3.8, 4) is 0 Å². The summed E-state index contributed by atoms with van der Waals surface area (Å²) in [7, 11) is 0. The molecule has 0 spiro atoms. The van der Waals surface area contributed by atoms with Crippen molar-refractivity contribution in [1.82, 2.24) is 10.6 Å². The highest BCUT2D eigenvalue weighted by Crippen LogP contribution is 2.28. The van der Waals surface area contributed by atoms with E-state index in [-0.39, 0.29) is 5.91 Å². The van der Waals surface area contributed by atoms with E-state index in [9.17, 15) is 4.79 Å². The monoisotopic (exact) mass is 270 g/mol. The Labute approximate surface area is 115 Å². The van der Waals surface area contributed by atoms with Crippen LogP contribution in [0.5, 0.6) is 0 Å². The fourth-order valence-electron chi connectivity index (χ4n) is 3.13. The second kappa shape index (κ2) is 7.39. The molecule has 1 aliphatic heterocycles. The lowest BCUT2D eigenvalue weighted by Gasteiger charge is -2.24. The van der Waals surface area contributed by atoms with Gasteiger partial charge in [0.1, 0.15) is 0 Å². The van der Waals surface area contributed by atoms with Gasteiger partial charge in [0.05, 0.1) is 0 Å². The molecule has 0 bridgehead atoms. The summed E-state index contributed by atoms with van der Waals surface area (Å²) in [5, 5.41) is 7.38. The first-order valence-electron chi connectivity index (χ1n) is 7.35. The number of hydrogen-bond donors (Lipinski definition) is 2. The molecule has 2 N–H and O–H groups in total. The van der Waals surface area contributed by atoms with Gasteiger partial charge in [-0.1, -0.05) is 12.8 Å². The predicted molar refractivity (Wildman–Crippen MR) is 78.0 cm³/mol. The van der Waals surface area contributed by atoms with Crippen LogP contribution < -0.4 is 10.6 Å². The van der Waals surface area contributed by atoms with E-state index in [1.165, 1.54) is 38.5 Å². The molecule has 2 rings (SSSR count). The summed E-state index contributed by atoms with van der Waals surface area (Å²) in [6, 6.07) is 0.997. The van der Waals surface area contributed by atoms with Gasteiger partial charge in [0.25, 0.3) is 0 Å². The molecule has 1 aliphatic carbocycles. The molecule has 3 atom stereocenters. The van der Waals surface area contributed by atoms with Crippen molar-refractivity contribution in [2.24, 2.45) is 0 Å². The van der Waals surface area contributed by atoms with Gasteiger partial charge in [-0.3, -0.25) is 4.79 Å². The quantitative estimate of drug-likeness (QED) is 0.805. The van der Waals surface area contributed by atoms with Crippen LogP contribution in [0.2, 0.25) is 0 Å². The van der Waals surface area contributed by atoms with Gasteiger partial charge in [-0.2, -0.15) is 11.8 Å². The molecule has 1 saturated heterocycles. The smallest absolute Gasteiger partial charge is 0.220 e. The van der Waals surface area contributed by atoms with E-state index in [0.29, 0.717) is 23.8 Å². The molecule has 18 heavy (non-hydrogen) atoms. The number of thioether (sulfide) groups is 1. The van der Waals surface area contributed by atoms with E-state index in [4.69, 9.17) is 0 Å². The molecule has 3 unspecified atom stereocenters. The van der Waals surface area contributed by atoms with E-state index in [1.807, 2.05) is 11.8 Å². The van der Waals surface area contributed by atoms with Crippen molar-refractivity contribution < 1.29 is 4.79 Å². The number of carbonyl (C=O) groups is 1. The average molecular weight is 270 g/mol. The van der Waals surface area contributed by atoms with Gasteiger partial charge in [-0.05, 0) is 44.9 Å². The maximum Gasteiger partial charge on any atom is 0.220 e. The molecule has 3 nitrogen and oxygen atoms in total. The Bertz CT molecular complexity index is 267. The summed E-state index contributed by atoms with van der Waals surface area (Å²) < 4.78 is 0. The van der Waals surface area contributed by atoms with Crippen LogP contribution in [-0.2, 0) is 4.79 Å². The van der Waals surface area contributed by atoms with Gasteiger partial charge >= 0.3 is 0 Å². The first-order chi connectivity index (χ1) is 8.79. The molecule has 0 aromatic heterocycles. The SMILES string of the molecule is CSC1CCCC1NC(=O)CCC1CCCCN1. The summed E-state index contributed by atoms with van der Waals surface area (Å²) >= 11 is 1.90. The van der Waals surface area contributed by atoms with Crippen molar-refractivity contribution in [2.75, 3.05) is 12.8 Å². The molecule has 2 aliphatic rings. The predicted octanol–water partition coefficient (Wildman–Crippen LogP) is 2.31. The molecular weight excluding hydrogens is 244 g/mol. The number of hydrogen-bond acceptors (Lipinski definition) is 3. The number of nitrogens with one attached hydrogen (secondary N) is 2. The summed E-state index contributed by atoms with van der Waals surface area (Å²) in [5.41, 5.74) is 0. The van der Waals surface area contributed by atoms with Gasteiger partial charge in [0.15, 0.2) is 0 Å². The Morgan fingerprint density at radius 2 is 2.17 bits per heavy atom. The first-order valence-corrected chi connectivity index (χ1v) is 8.64. The van der Waals surface area contributed by atoms with Crippen molar-refractivity contribution >= 4 is 17.7 Å². The Kier molecular flexibility index (Phi) is 5.83. The van der Waals surface area contributed by atoms with E-state index in [2.05, 4.69) is 16.9 Å². The molecule has 0 aromatic rings. The zero-order valence-corrected chi connectivity index (χ0v) is 12.2. The van der Waals surface area contributed by atoms with Crippen molar-refractivity contribution in [1.29, 1.82) is 0 Å². The lowest BCUT2D eigenvalue weighted by atomic mass is 10.0. The number of amides is 1. The van der Waals surface area contributed by atoms with Crippen molar-refractivity contribution in [2.45, 2.75) is 68.7 Å². The normalized spacial score (nSPS) is 32.4. The highest BCUT2D eigenvalue weighted by Gasteiger charge is 2.27. The summed E-state index contributed by atoms with van der Waals surface area (Å²) in [4.78, 5) is 12.0. The Morgan fingerprint density at radius 3 is 2.89 bits per heavy atom. The third-order valence-electron chi connectivity index (χ3n) is 4.23. The minimum Gasteiger partial charge on any atom is -0.352 e. The number of rotatable bonds is 5. The van der Waals surface area contributed by atoms with E-state index >= 15 is 0 Å². The Balaban J connectivity index is 1.65. The first kappa shape index (κ1) is 14.2. The molecule has 1 amide bonds. The van der Waals surface area contributed by atoms with Gasteiger partial charge < -0.3 is 10.6 Å². The average Bonchev–Trinajstić information content (AvgIpc) is 2.85. The molecule has 1 heterocycles. The third kappa shape index (κ3) is 4.16. The highest BCUT2D eigenvalue weighted by molar-refractivity contribution is 7.99. The van der Waals surface area contributed by atoms with E-state index in [0.717, 1.165) is 13.0 Å². The molecule has 4 heteroatoms. The Hall–Kier alpha value is -0.220. The van der Waals surface area contributed by atoms with Crippen LogP contribution in [0, 0.1) is 0 Å². The fourth-order valence-corrected chi connectivity index (χ4v) is 4.06. The second-order valence-corrected chi connectivity index (χ2v) is 6.64. The minimum atomic E-state index is 0.258. The van der Waals surface area contributed by atoms with Crippen LogP contribution in [0.15, 0.2) is 0 Å². The van der Waals surface area contributed by atoms with Gasteiger partial charge in [-0.15, -0.1) is 0 Å². The largest absolute Gasteiger partial charge is 0.352 e. The maximum absolute atomic E-state index is 12.0. The summed E-state index contributed by atoms with van der Waals surface area (Å²) in [5.74, 6) is 0.258. The van der Waals surface area contributed by atoms with E-state index in [1.54, 1.807) is 0 Å². The molecule has 0 radical (unpaired) electrons. The lowest BCUT2D eigenvalue weighted by molar-refractivity contribution is -0.121. The molecular formula is C14H26N2OS. The maximum atomic E-state index is 12.0. The van der Waals surface area contributed by atoms with Crippen LogP contribution >= 0.6 is 11.8 Å². The van der Waals surface area contributed by atoms with Crippen LogP contribution in [0.1, 0.15) is 51.4 Å². The van der Waals surface area contributed by atoms with Crippen LogP contribution in [-0.4, -0.2) is 36.0 Å². The van der Waals surface area contributed by atoms with Crippen LogP contribution in [0.4, 0.5) is 0 Å². The fraction of sp³-hybridized carbons (Fsp3) is 0.929. The second-order valence-electron chi connectivity index (χ2n) is 5.56. The van der Waals surface area contributed by atoms with Crippen LogP contribution in [0.3, 0.4) is 0 Å². The van der Waals surface area contributed by atoms with E-state index < -0.39 is 0 Å². The standard InChI is InChI=1S/C14H26N2OS/c1-18-13-7-4-6-12(13)16-14(17)9-8-11-5-2-3-10-15-11/h11-13,15H,2-10H2,1H3,(H,16,17). The third-order valence-corrected chi connectivity index (χ3v) is 5.40. The van der Waals surface area contributed by atoms with Crippen molar-refractivity contribution in [3.63, 3.8) is 0 Å². The zero-order chi connectivity index (χ0) is 12.8. The number of carbonyl (C=O) groups excluding carboxylic acids is 1. The van der Waals surface area contributed by atoms with Crippen molar-refractivity contribution in [3.05, 3.63) is 0 Å². The van der Waals surface area contributed by atoms with Gasteiger partial charge in [0, 0.05) is 23.8 Å². The molecule has 0 aromatic carbocycles. The lowest BCUT2D eigenvalue weighted by Crippen LogP contribution is -2.40. The molecule has 104 valence electrons. The van der Waals surface area contributed by atoms with Gasteiger partial charge in [0.2, 0.25) is 5.91 Å².